The van der Waals surface area contributed by atoms with Crippen LogP contribution in [0.15, 0.2) is 12.3 Å². The van der Waals surface area contributed by atoms with Gasteiger partial charge in [-0.1, -0.05) is 0 Å². The Morgan fingerprint density at radius 1 is 1.24 bits per heavy atom. The van der Waals surface area contributed by atoms with Crippen molar-refractivity contribution in [2.45, 2.75) is 39.7 Å². The Bertz CT molecular complexity index is 855. The lowest BCUT2D eigenvalue weighted by Gasteiger charge is -2.18. The van der Waals surface area contributed by atoms with Gasteiger partial charge < -0.3 is 10.2 Å². The normalized spacial score (nSPS) is 23.2. The van der Waals surface area contributed by atoms with E-state index in [1.165, 1.54) is 12.8 Å². The average molecular weight is 341 g/mol. The van der Waals surface area contributed by atoms with E-state index in [2.05, 4.69) is 15.4 Å². The Hall–Kier alpha value is -2.44. The van der Waals surface area contributed by atoms with E-state index in [0.717, 1.165) is 17.9 Å². The molecule has 0 spiro atoms. The molecule has 1 aliphatic carbocycles. The summed E-state index contributed by atoms with van der Waals surface area (Å²) in [7, 11) is 0. The molecule has 3 heterocycles. The highest BCUT2D eigenvalue weighted by Gasteiger charge is 2.44. The monoisotopic (exact) mass is 341 g/mol. The summed E-state index contributed by atoms with van der Waals surface area (Å²) in [6, 6.07) is 1.94. The number of rotatable bonds is 3. The van der Waals surface area contributed by atoms with Gasteiger partial charge >= 0.3 is 0 Å². The Labute approximate surface area is 146 Å². The molecule has 2 aromatic rings. The van der Waals surface area contributed by atoms with E-state index in [-0.39, 0.29) is 17.9 Å². The first-order chi connectivity index (χ1) is 11.9. The smallest absolute Gasteiger partial charge is 0.257 e. The highest BCUT2D eigenvalue weighted by molar-refractivity contribution is 6.00. The van der Waals surface area contributed by atoms with Crippen LogP contribution in [0.2, 0.25) is 0 Å². The van der Waals surface area contributed by atoms with Crippen LogP contribution >= 0.6 is 0 Å². The summed E-state index contributed by atoms with van der Waals surface area (Å²) in [5.41, 5.74) is 2.88. The second-order valence-electron chi connectivity index (χ2n) is 7.34. The second-order valence-corrected chi connectivity index (χ2v) is 7.34. The van der Waals surface area contributed by atoms with Gasteiger partial charge in [0.2, 0.25) is 5.91 Å². The second kappa shape index (κ2) is 5.82. The van der Waals surface area contributed by atoms with Crippen LogP contribution in [0.4, 0.5) is 0 Å². The fourth-order valence-electron chi connectivity index (χ4n) is 3.92. The topological polar surface area (TPSA) is 79.6 Å². The molecule has 4 rings (SSSR count). The van der Waals surface area contributed by atoms with Gasteiger partial charge in [0.1, 0.15) is 5.56 Å². The first-order valence-electron chi connectivity index (χ1n) is 8.82. The van der Waals surface area contributed by atoms with E-state index in [9.17, 15) is 9.59 Å². The number of likely N-dealkylation sites (tertiary alicyclic amines) is 1. The van der Waals surface area contributed by atoms with Gasteiger partial charge in [-0.2, -0.15) is 5.10 Å². The predicted octanol–water partition coefficient (Wildman–Crippen LogP) is 1.33. The zero-order valence-corrected chi connectivity index (χ0v) is 14.8. The molecular weight excluding hydrogens is 318 g/mol. The summed E-state index contributed by atoms with van der Waals surface area (Å²) in [5.74, 6) is 0.896. The van der Waals surface area contributed by atoms with Crippen molar-refractivity contribution >= 4 is 17.5 Å². The van der Waals surface area contributed by atoms with Crippen molar-refractivity contribution < 1.29 is 9.59 Å². The van der Waals surface area contributed by atoms with Crippen molar-refractivity contribution in [3.63, 3.8) is 0 Å². The van der Waals surface area contributed by atoms with Gasteiger partial charge in [-0.3, -0.25) is 9.59 Å². The van der Waals surface area contributed by atoms with Crippen molar-refractivity contribution in [1.29, 1.82) is 0 Å². The van der Waals surface area contributed by atoms with Crippen molar-refractivity contribution in [3.05, 3.63) is 29.2 Å². The third-order valence-electron chi connectivity index (χ3n) is 5.38. The number of fused-ring (bicyclic) bond motifs is 1. The minimum absolute atomic E-state index is 0.00440. The van der Waals surface area contributed by atoms with E-state index >= 15 is 0 Å². The molecule has 7 heteroatoms. The standard InChI is InChI=1S/C18H23N5O2/c1-10-6-11(2)23-17(20-10)14(7-19-23)18(25)21-16-9-22(12(3)24)8-15(16)13-4-5-13/h6-7,13,15-16H,4-5,8-9H2,1-3H3,(H,21,25)/t15-,16+/m1/s1. The van der Waals surface area contributed by atoms with E-state index in [4.69, 9.17) is 0 Å². The number of aromatic nitrogens is 3. The first-order valence-corrected chi connectivity index (χ1v) is 8.82. The summed E-state index contributed by atoms with van der Waals surface area (Å²) >= 11 is 0. The maximum absolute atomic E-state index is 12.9. The predicted molar refractivity (Wildman–Crippen MR) is 92.2 cm³/mol. The third kappa shape index (κ3) is 2.88. The van der Waals surface area contributed by atoms with Crippen LogP contribution in [0.25, 0.3) is 5.65 Å². The number of amides is 2. The van der Waals surface area contributed by atoms with Crippen LogP contribution in [0, 0.1) is 25.7 Å². The molecule has 2 atom stereocenters. The lowest BCUT2D eigenvalue weighted by Crippen LogP contribution is -2.41. The van der Waals surface area contributed by atoms with Crippen LogP contribution in [-0.2, 0) is 4.79 Å². The zero-order valence-electron chi connectivity index (χ0n) is 14.8. The highest BCUT2D eigenvalue weighted by atomic mass is 16.2. The molecule has 2 amide bonds. The molecule has 0 radical (unpaired) electrons. The Morgan fingerprint density at radius 3 is 2.68 bits per heavy atom. The van der Waals surface area contributed by atoms with Gasteiger partial charge in [-0.15, -0.1) is 0 Å². The van der Waals surface area contributed by atoms with Crippen LogP contribution in [0.3, 0.4) is 0 Å². The molecule has 7 nitrogen and oxygen atoms in total. The fraction of sp³-hybridized carbons (Fsp3) is 0.556. The van der Waals surface area contributed by atoms with Crippen molar-refractivity contribution in [3.8, 4) is 0 Å². The van der Waals surface area contributed by atoms with Gasteiger partial charge in [0.15, 0.2) is 5.65 Å². The van der Waals surface area contributed by atoms with Crippen LogP contribution in [0.5, 0.6) is 0 Å². The number of carbonyl (C=O) groups excluding carboxylic acids is 2. The third-order valence-corrected chi connectivity index (χ3v) is 5.38. The molecule has 1 saturated heterocycles. The first kappa shape index (κ1) is 16.1. The van der Waals surface area contributed by atoms with Crippen molar-refractivity contribution in [2.24, 2.45) is 11.8 Å². The molecule has 2 aromatic heterocycles. The lowest BCUT2D eigenvalue weighted by molar-refractivity contribution is -0.128. The molecule has 2 aliphatic rings. The molecule has 0 bridgehead atoms. The van der Waals surface area contributed by atoms with Gasteiger partial charge in [-0.25, -0.2) is 9.50 Å². The largest absolute Gasteiger partial charge is 0.347 e. The molecule has 25 heavy (non-hydrogen) atoms. The fourth-order valence-corrected chi connectivity index (χ4v) is 3.92. The van der Waals surface area contributed by atoms with Crippen LogP contribution in [0.1, 0.15) is 41.5 Å². The van der Waals surface area contributed by atoms with E-state index < -0.39 is 0 Å². The summed E-state index contributed by atoms with van der Waals surface area (Å²) in [6.07, 6.45) is 3.97. The summed E-state index contributed by atoms with van der Waals surface area (Å²) in [4.78, 5) is 30.9. The van der Waals surface area contributed by atoms with Crippen LogP contribution < -0.4 is 5.32 Å². The maximum atomic E-state index is 12.9. The van der Waals surface area contributed by atoms with Crippen molar-refractivity contribution in [2.75, 3.05) is 13.1 Å². The van der Waals surface area contributed by atoms with Crippen molar-refractivity contribution in [1.82, 2.24) is 24.8 Å². The van der Waals surface area contributed by atoms with E-state index in [0.29, 0.717) is 29.6 Å². The Morgan fingerprint density at radius 2 is 2.00 bits per heavy atom. The van der Waals surface area contributed by atoms with Gasteiger partial charge in [0, 0.05) is 37.3 Å². The number of aryl methyl sites for hydroxylation is 2. The molecular formula is C18H23N5O2. The number of nitrogens with one attached hydrogen (secondary N) is 1. The molecule has 0 unspecified atom stereocenters. The summed E-state index contributed by atoms with van der Waals surface area (Å²) in [5, 5.41) is 7.44. The SMILES string of the molecule is CC(=O)N1C[C@H](NC(=O)c2cnn3c(C)cc(C)nc23)[C@@H](C2CC2)C1. The van der Waals surface area contributed by atoms with Gasteiger partial charge in [0.05, 0.1) is 12.2 Å². The molecule has 132 valence electrons. The van der Waals surface area contributed by atoms with E-state index in [1.54, 1.807) is 17.6 Å². The number of hydrogen-bond donors (Lipinski definition) is 1. The highest BCUT2D eigenvalue weighted by Crippen LogP contribution is 2.41. The van der Waals surface area contributed by atoms with Gasteiger partial charge in [0.25, 0.3) is 5.91 Å². The van der Waals surface area contributed by atoms with E-state index in [1.807, 2.05) is 24.8 Å². The number of hydrogen-bond acceptors (Lipinski definition) is 4. The Balaban J connectivity index is 1.58. The minimum atomic E-state index is -0.159. The average Bonchev–Trinajstić information content (AvgIpc) is 3.15. The zero-order chi connectivity index (χ0) is 17.7. The molecule has 0 aromatic carbocycles. The summed E-state index contributed by atoms with van der Waals surface area (Å²) in [6.45, 7) is 6.78. The number of nitrogens with zero attached hydrogens (tertiary/aromatic N) is 4. The van der Waals surface area contributed by atoms with Crippen LogP contribution in [-0.4, -0.2) is 50.4 Å². The molecule has 2 fully saturated rings. The molecule has 1 saturated carbocycles. The minimum Gasteiger partial charge on any atom is -0.347 e. The molecule has 1 N–H and O–H groups in total. The quantitative estimate of drug-likeness (QED) is 0.913. The van der Waals surface area contributed by atoms with Gasteiger partial charge in [-0.05, 0) is 38.7 Å². The number of carbonyl (C=O) groups is 2. The maximum Gasteiger partial charge on any atom is 0.257 e. The lowest BCUT2D eigenvalue weighted by atomic mass is 9.98. The molecule has 1 aliphatic heterocycles. The summed E-state index contributed by atoms with van der Waals surface area (Å²) < 4.78 is 1.69. The Kier molecular flexibility index (Phi) is 3.74.